The van der Waals surface area contributed by atoms with Crippen molar-refractivity contribution in [3.8, 4) is 11.4 Å². The van der Waals surface area contributed by atoms with Crippen LogP contribution in [-0.2, 0) is 11.0 Å². The Balaban J connectivity index is 0.000000298. The molecule has 2 bridgehead atoms. The van der Waals surface area contributed by atoms with Gasteiger partial charge in [0.15, 0.2) is 0 Å². The van der Waals surface area contributed by atoms with Gasteiger partial charge in [-0.05, 0) is 6.42 Å². The van der Waals surface area contributed by atoms with Crippen LogP contribution in [0.25, 0.3) is 11.4 Å². The highest BCUT2D eigenvalue weighted by Crippen LogP contribution is 2.30. The minimum atomic E-state index is -5.08. The standard InChI is InChI=1S/C12H11F3N6O.C2HF3O2/c13-12(14,15)10-19-9(20-22-10)6-2-17-11(18-3-6)21-5-7-1-8(21)4-16-7;3-2(4,5)1(6)7/h2-3,7-8,16H,1,4-5H2;(H,6,7). The van der Waals surface area contributed by atoms with Gasteiger partial charge in [-0.1, -0.05) is 5.16 Å². The summed E-state index contributed by atoms with van der Waals surface area (Å²) in [7, 11) is 0. The summed E-state index contributed by atoms with van der Waals surface area (Å²) in [5.74, 6) is -3.75. The summed E-state index contributed by atoms with van der Waals surface area (Å²) in [5.41, 5.74) is 0.283. The molecule has 2 aromatic heterocycles. The minimum absolute atomic E-state index is 0.177. The fraction of sp³-hybridized carbons (Fsp3) is 0.500. The van der Waals surface area contributed by atoms with Gasteiger partial charge >= 0.3 is 24.2 Å². The second kappa shape index (κ2) is 7.46. The second-order valence-corrected chi connectivity index (χ2v) is 6.14. The molecule has 0 aromatic carbocycles. The van der Waals surface area contributed by atoms with Gasteiger partial charge in [-0.15, -0.1) is 0 Å². The topological polar surface area (TPSA) is 117 Å². The number of nitrogens with zero attached hydrogens (tertiary/aromatic N) is 5. The van der Waals surface area contributed by atoms with Crippen LogP contribution in [0.4, 0.5) is 32.3 Å². The molecule has 9 nitrogen and oxygen atoms in total. The van der Waals surface area contributed by atoms with Gasteiger partial charge in [-0.3, -0.25) is 0 Å². The summed E-state index contributed by atoms with van der Waals surface area (Å²) in [4.78, 5) is 22.7. The van der Waals surface area contributed by atoms with Gasteiger partial charge in [0.1, 0.15) is 0 Å². The number of rotatable bonds is 2. The SMILES string of the molecule is FC(F)(F)c1nc(-c2cnc(N3CC4CC3CN4)nc2)no1.O=C(O)C(F)(F)F. The number of carboxylic acid groups (broad SMARTS) is 1. The van der Waals surface area contributed by atoms with E-state index >= 15 is 0 Å². The fourth-order valence-electron chi connectivity index (χ4n) is 2.85. The van der Waals surface area contributed by atoms with Crippen molar-refractivity contribution < 1.29 is 40.8 Å². The van der Waals surface area contributed by atoms with Crippen LogP contribution in [0.5, 0.6) is 0 Å². The van der Waals surface area contributed by atoms with Crippen LogP contribution in [0.15, 0.2) is 16.9 Å². The largest absolute Gasteiger partial charge is 0.490 e. The molecule has 2 N–H and O–H groups in total. The zero-order valence-electron chi connectivity index (χ0n) is 14.2. The molecule has 4 heterocycles. The normalized spacial score (nSPS) is 21.1. The number of aliphatic carboxylic acids is 1. The summed E-state index contributed by atoms with van der Waals surface area (Å²) in [6.07, 6.45) is -5.86. The zero-order valence-corrected chi connectivity index (χ0v) is 14.2. The molecule has 2 atom stereocenters. The number of carbonyl (C=O) groups is 1. The van der Waals surface area contributed by atoms with E-state index in [1.54, 1.807) is 0 Å². The smallest absolute Gasteiger partial charge is 0.475 e. The average Bonchev–Trinajstić information content (AvgIpc) is 3.37. The molecule has 2 aliphatic rings. The number of anilines is 1. The molecular formula is C14H12F6N6O3. The van der Waals surface area contributed by atoms with Crippen LogP contribution in [0.2, 0.25) is 0 Å². The van der Waals surface area contributed by atoms with E-state index in [9.17, 15) is 26.3 Å². The van der Waals surface area contributed by atoms with Crippen molar-refractivity contribution >= 4 is 11.9 Å². The first-order chi connectivity index (χ1) is 13.4. The van der Waals surface area contributed by atoms with Crippen molar-refractivity contribution in [1.29, 1.82) is 0 Å². The number of aromatic nitrogens is 4. The maximum absolute atomic E-state index is 12.4. The third kappa shape index (κ3) is 4.72. The van der Waals surface area contributed by atoms with Gasteiger partial charge in [0.2, 0.25) is 11.8 Å². The van der Waals surface area contributed by atoms with E-state index in [4.69, 9.17) is 9.90 Å². The number of piperazine rings is 1. The molecule has 2 unspecified atom stereocenters. The van der Waals surface area contributed by atoms with E-state index in [1.165, 1.54) is 12.4 Å². The van der Waals surface area contributed by atoms with E-state index in [0.717, 1.165) is 19.5 Å². The Labute approximate surface area is 157 Å². The monoisotopic (exact) mass is 426 g/mol. The summed E-state index contributed by atoms with van der Waals surface area (Å²) in [5, 5.41) is 13.8. The van der Waals surface area contributed by atoms with Crippen LogP contribution < -0.4 is 10.2 Å². The van der Waals surface area contributed by atoms with Crippen LogP contribution in [-0.4, -0.2) is 62.5 Å². The molecule has 2 aromatic rings. The van der Waals surface area contributed by atoms with E-state index < -0.39 is 24.2 Å². The lowest BCUT2D eigenvalue weighted by atomic mass is 10.2. The summed E-state index contributed by atoms with van der Waals surface area (Å²) >= 11 is 0. The van der Waals surface area contributed by atoms with E-state index in [0.29, 0.717) is 18.0 Å². The van der Waals surface area contributed by atoms with E-state index in [1.807, 2.05) is 0 Å². The van der Waals surface area contributed by atoms with Crippen LogP contribution in [0.1, 0.15) is 12.3 Å². The molecule has 0 aliphatic carbocycles. The maximum atomic E-state index is 12.4. The fourth-order valence-corrected chi connectivity index (χ4v) is 2.85. The van der Waals surface area contributed by atoms with Gasteiger partial charge in [0.25, 0.3) is 0 Å². The van der Waals surface area contributed by atoms with Gasteiger partial charge in [0, 0.05) is 37.6 Å². The zero-order chi connectivity index (χ0) is 21.4. The third-order valence-corrected chi connectivity index (χ3v) is 4.12. The summed E-state index contributed by atoms with van der Waals surface area (Å²) < 4.78 is 73.2. The number of hydrogen-bond donors (Lipinski definition) is 2. The van der Waals surface area contributed by atoms with Gasteiger partial charge < -0.3 is 19.8 Å². The first-order valence-electron chi connectivity index (χ1n) is 7.98. The Morgan fingerprint density at radius 1 is 1.21 bits per heavy atom. The number of hydrogen-bond acceptors (Lipinski definition) is 8. The lowest BCUT2D eigenvalue weighted by Gasteiger charge is -2.27. The van der Waals surface area contributed by atoms with Crippen LogP contribution in [0, 0.1) is 0 Å². The lowest BCUT2D eigenvalue weighted by molar-refractivity contribution is -0.192. The first-order valence-corrected chi connectivity index (χ1v) is 7.98. The van der Waals surface area contributed by atoms with Crippen LogP contribution >= 0.6 is 0 Å². The van der Waals surface area contributed by atoms with Crippen molar-refractivity contribution in [3.63, 3.8) is 0 Å². The van der Waals surface area contributed by atoms with Crippen molar-refractivity contribution in [2.75, 3.05) is 18.0 Å². The Kier molecular flexibility index (Phi) is 5.34. The van der Waals surface area contributed by atoms with Crippen molar-refractivity contribution in [2.45, 2.75) is 30.9 Å². The molecule has 29 heavy (non-hydrogen) atoms. The molecule has 4 rings (SSSR count). The summed E-state index contributed by atoms with van der Waals surface area (Å²) in [6, 6.07) is 0.831. The Bertz CT molecular complexity index is 868. The lowest BCUT2D eigenvalue weighted by Crippen LogP contribution is -2.44. The predicted octanol–water partition coefficient (Wildman–Crippen LogP) is 1.73. The quantitative estimate of drug-likeness (QED) is 0.693. The first kappa shape index (κ1) is 20.8. The number of fused-ring (bicyclic) bond motifs is 2. The number of halogens is 6. The van der Waals surface area contributed by atoms with E-state index in [-0.39, 0.29) is 11.4 Å². The van der Waals surface area contributed by atoms with Crippen molar-refractivity contribution in [3.05, 3.63) is 18.3 Å². The number of nitrogens with one attached hydrogen (secondary N) is 1. The minimum Gasteiger partial charge on any atom is -0.475 e. The van der Waals surface area contributed by atoms with Gasteiger partial charge in [-0.2, -0.15) is 31.3 Å². The molecule has 2 aliphatic heterocycles. The Morgan fingerprint density at radius 2 is 1.83 bits per heavy atom. The molecular weight excluding hydrogens is 414 g/mol. The van der Waals surface area contributed by atoms with Gasteiger partial charge in [0.05, 0.1) is 5.56 Å². The molecule has 2 fully saturated rings. The predicted molar refractivity (Wildman–Crippen MR) is 81.6 cm³/mol. The second-order valence-electron chi connectivity index (χ2n) is 6.14. The molecule has 0 saturated carbocycles. The summed E-state index contributed by atoms with van der Waals surface area (Å²) in [6.45, 7) is 1.74. The molecule has 15 heteroatoms. The highest BCUT2D eigenvalue weighted by atomic mass is 19.4. The highest BCUT2D eigenvalue weighted by Gasteiger charge is 2.40. The van der Waals surface area contributed by atoms with E-state index in [2.05, 4.69) is 34.8 Å². The number of alkyl halides is 6. The average molecular weight is 426 g/mol. The number of carboxylic acids is 1. The van der Waals surface area contributed by atoms with Crippen molar-refractivity contribution in [2.24, 2.45) is 0 Å². The van der Waals surface area contributed by atoms with Crippen LogP contribution in [0.3, 0.4) is 0 Å². The molecule has 158 valence electrons. The maximum Gasteiger partial charge on any atom is 0.490 e. The molecule has 0 radical (unpaired) electrons. The van der Waals surface area contributed by atoms with Gasteiger partial charge in [-0.25, -0.2) is 14.8 Å². The van der Waals surface area contributed by atoms with Crippen molar-refractivity contribution in [1.82, 2.24) is 25.4 Å². The molecule has 2 saturated heterocycles. The Morgan fingerprint density at radius 3 is 2.24 bits per heavy atom. The molecule has 0 amide bonds. The Hall–Kier alpha value is -2.97. The third-order valence-electron chi connectivity index (χ3n) is 4.12. The molecule has 0 spiro atoms. The highest BCUT2D eigenvalue weighted by molar-refractivity contribution is 5.73.